The van der Waals surface area contributed by atoms with E-state index in [0.717, 1.165) is 28.1 Å². The average Bonchev–Trinajstić information content (AvgIpc) is 3.15. The van der Waals surface area contributed by atoms with E-state index in [1.807, 2.05) is 13.0 Å². The number of thiophene rings is 1. The van der Waals surface area contributed by atoms with Crippen molar-refractivity contribution < 1.29 is 18.4 Å². The van der Waals surface area contributed by atoms with Crippen LogP contribution in [0.4, 0.5) is 14.5 Å². The maximum Gasteiger partial charge on any atom is 0.261 e. The van der Waals surface area contributed by atoms with Gasteiger partial charge in [-0.1, -0.05) is 36.9 Å². The van der Waals surface area contributed by atoms with Crippen LogP contribution in [0.5, 0.6) is 0 Å². The Morgan fingerprint density at radius 2 is 1.75 bits per heavy atom. The van der Waals surface area contributed by atoms with Crippen molar-refractivity contribution in [1.82, 2.24) is 0 Å². The Hall–Kier alpha value is -3.71. The first-order chi connectivity index (χ1) is 15.3. The second kappa shape index (κ2) is 10.1. The number of hydrogen-bond acceptors (Lipinski definition) is 4. The maximum absolute atomic E-state index is 13.8. The molecule has 0 atom stereocenters. The highest BCUT2D eigenvalue weighted by molar-refractivity contribution is 7.17. The number of benzene rings is 2. The summed E-state index contributed by atoms with van der Waals surface area (Å²) in [7, 11) is 1.59. The molecule has 0 aliphatic carbocycles. The highest BCUT2D eigenvalue weighted by Gasteiger charge is 2.18. The van der Waals surface area contributed by atoms with Crippen LogP contribution >= 0.6 is 11.3 Å². The Kier molecular flexibility index (Phi) is 7.22. The Morgan fingerprint density at radius 1 is 1.09 bits per heavy atom. The predicted molar refractivity (Wildman–Crippen MR) is 126 cm³/mol. The van der Waals surface area contributed by atoms with E-state index in [1.54, 1.807) is 37.4 Å². The molecule has 0 spiro atoms. The molecule has 1 aromatic heterocycles. The Morgan fingerprint density at radius 3 is 2.34 bits per heavy atom. The fourth-order valence-corrected chi connectivity index (χ4v) is 4.22. The minimum atomic E-state index is -0.927. The highest BCUT2D eigenvalue weighted by Crippen LogP contribution is 2.34. The van der Waals surface area contributed by atoms with Crippen LogP contribution in [0.2, 0.25) is 0 Å². The van der Waals surface area contributed by atoms with Gasteiger partial charge in [-0.05, 0) is 48.4 Å². The van der Waals surface area contributed by atoms with E-state index in [1.165, 1.54) is 29.7 Å². The van der Waals surface area contributed by atoms with Gasteiger partial charge in [0.15, 0.2) is 0 Å². The van der Waals surface area contributed by atoms with E-state index in [2.05, 4.69) is 16.9 Å². The van der Waals surface area contributed by atoms with Gasteiger partial charge < -0.3 is 5.32 Å². The van der Waals surface area contributed by atoms with E-state index in [9.17, 15) is 18.4 Å². The lowest BCUT2D eigenvalue weighted by Crippen LogP contribution is -2.15. The van der Waals surface area contributed by atoms with E-state index >= 15 is 0 Å². The van der Waals surface area contributed by atoms with E-state index < -0.39 is 23.1 Å². The number of carbonyl (C=O) groups is 2. The van der Waals surface area contributed by atoms with Crippen LogP contribution in [0.25, 0.3) is 10.4 Å². The largest absolute Gasteiger partial charge is 0.322 e. The molecular weight excluding hydrogens is 430 g/mol. The van der Waals surface area contributed by atoms with Gasteiger partial charge in [0.1, 0.15) is 17.2 Å². The fourth-order valence-electron chi connectivity index (χ4n) is 3.08. The third-order valence-corrected chi connectivity index (χ3v) is 5.85. The summed E-state index contributed by atoms with van der Waals surface area (Å²) in [5, 5.41) is 2.50. The van der Waals surface area contributed by atoms with Crippen molar-refractivity contribution in [2.24, 2.45) is 4.99 Å². The van der Waals surface area contributed by atoms with Gasteiger partial charge in [0.2, 0.25) is 5.78 Å². The number of aryl methyl sites for hydroxylation is 1. The van der Waals surface area contributed by atoms with Gasteiger partial charge >= 0.3 is 0 Å². The van der Waals surface area contributed by atoms with Crippen molar-refractivity contribution >= 4 is 34.9 Å². The zero-order valence-corrected chi connectivity index (χ0v) is 18.3. The molecule has 0 unspecified atom stereocenters. The lowest BCUT2D eigenvalue weighted by atomic mass is 10.1. The number of nitrogens with zero attached hydrogens (tertiary/aromatic N) is 1. The van der Waals surface area contributed by atoms with Crippen molar-refractivity contribution in [3.8, 4) is 10.4 Å². The summed E-state index contributed by atoms with van der Waals surface area (Å²) in [4.78, 5) is 30.4. The van der Waals surface area contributed by atoms with Crippen LogP contribution in [0.3, 0.4) is 0 Å². The third-order valence-electron chi connectivity index (χ3n) is 4.56. The highest BCUT2D eigenvalue weighted by atomic mass is 32.1. The number of amides is 1. The van der Waals surface area contributed by atoms with Crippen molar-refractivity contribution in [3.05, 3.63) is 100 Å². The fraction of sp³-hybridized carbons (Fsp3) is 0.0800. The van der Waals surface area contributed by atoms with Gasteiger partial charge in [0, 0.05) is 29.4 Å². The average molecular weight is 451 g/mol. The summed E-state index contributed by atoms with van der Waals surface area (Å²) >= 11 is 1.35. The first-order valence-corrected chi connectivity index (χ1v) is 10.4. The number of ketones is 1. The number of nitrogens with one attached hydrogen (secondary N) is 1. The molecule has 1 heterocycles. The summed E-state index contributed by atoms with van der Waals surface area (Å²) in [6.45, 7) is 5.54. The quantitative estimate of drug-likeness (QED) is 0.200. The zero-order valence-electron chi connectivity index (χ0n) is 17.5. The number of Topliss-reactive ketones (excluding diaryl/α,β-unsaturated/α-hetero) is 1. The molecular formula is C25H20F2N2O2S. The summed E-state index contributed by atoms with van der Waals surface area (Å²) in [5.41, 5.74) is 1.97. The Balaban J connectivity index is 1.82. The molecule has 0 radical (unpaired) electrons. The Bertz CT molecular complexity index is 1220. The predicted octanol–water partition coefficient (Wildman–Crippen LogP) is 6.25. The normalized spacial score (nSPS) is 11.6. The molecule has 1 amide bonds. The lowest BCUT2D eigenvalue weighted by molar-refractivity contribution is 0.101. The zero-order chi connectivity index (χ0) is 23.3. The van der Waals surface area contributed by atoms with Crippen LogP contribution in [-0.4, -0.2) is 25.0 Å². The summed E-state index contributed by atoms with van der Waals surface area (Å²) < 4.78 is 27.6. The van der Waals surface area contributed by atoms with Crippen molar-refractivity contribution in [2.75, 3.05) is 12.4 Å². The number of rotatable bonds is 7. The van der Waals surface area contributed by atoms with Crippen LogP contribution in [-0.2, 0) is 0 Å². The van der Waals surface area contributed by atoms with Gasteiger partial charge in [-0.3, -0.25) is 14.6 Å². The van der Waals surface area contributed by atoms with Crippen molar-refractivity contribution in [3.63, 3.8) is 0 Å². The molecule has 0 fully saturated rings. The summed E-state index contributed by atoms with van der Waals surface area (Å²) in [6.07, 6.45) is 4.64. The Labute approximate surface area is 188 Å². The molecule has 0 saturated heterocycles. The number of aliphatic imine (C=N–C) groups is 1. The van der Waals surface area contributed by atoms with Crippen molar-refractivity contribution in [2.45, 2.75) is 6.92 Å². The molecule has 0 saturated carbocycles. The first-order valence-electron chi connectivity index (χ1n) is 9.61. The number of allylic oxidation sites excluding steroid dienone is 3. The molecule has 2 aromatic carbocycles. The van der Waals surface area contributed by atoms with Crippen LogP contribution < -0.4 is 5.32 Å². The molecule has 7 heteroatoms. The monoisotopic (exact) mass is 450 g/mol. The van der Waals surface area contributed by atoms with Crippen LogP contribution in [0.1, 0.15) is 25.6 Å². The molecule has 0 aliphatic rings. The van der Waals surface area contributed by atoms with Crippen LogP contribution in [0.15, 0.2) is 77.8 Å². The lowest BCUT2D eigenvalue weighted by Gasteiger charge is -2.08. The maximum atomic E-state index is 13.8. The van der Waals surface area contributed by atoms with Gasteiger partial charge in [-0.15, -0.1) is 11.3 Å². The minimum Gasteiger partial charge on any atom is -0.322 e. The van der Waals surface area contributed by atoms with E-state index in [-0.39, 0.29) is 5.78 Å². The molecule has 0 aliphatic heterocycles. The van der Waals surface area contributed by atoms with Gasteiger partial charge in [0.25, 0.3) is 5.91 Å². The number of carbonyl (C=O) groups excluding carboxylic acids is 2. The molecule has 1 N–H and O–H groups in total. The number of hydrogen-bond donors (Lipinski definition) is 1. The number of anilines is 1. The number of halogens is 2. The van der Waals surface area contributed by atoms with Crippen molar-refractivity contribution in [1.29, 1.82) is 0 Å². The summed E-state index contributed by atoms with van der Waals surface area (Å²) in [5.74, 6) is -2.87. The molecule has 4 nitrogen and oxygen atoms in total. The molecule has 0 bridgehead atoms. The second-order valence-corrected chi connectivity index (χ2v) is 7.88. The standard InChI is InChI=1S/C25H20F2N2O2S/c1-4-6-17(14-28-3)23(30)21-13-15(2)24(32-21)16-9-11-18(12-10-16)29-25(31)22-19(26)7-5-8-20(22)27/h4-14H,1H2,2-3H3,(H,29,31)/b17-6+,28-14?. The minimum absolute atomic E-state index is 0.148. The topological polar surface area (TPSA) is 58.5 Å². The third kappa shape index (κ3) is 4.95. The van der Waals surface area contributed by atoms with Gasteiger partial charge in [-0.25, -0.2) is 8.78 Å². The summed E-state index contributed by atoms with van der Waals surface area (Å²) in [6, 6.07) is 11.9. The molecule has 32 heavy (non-hydrogen) atoms. The van der Waals surface area contributed by atoms with E-state index in [0.29, 0.717) is 16.1 Å². The first kappa shape index (κ1) is 23.0. The molecule has 162 valence electrons. The van der Waals surface area contributed by atoms with E-state index in [4.69, 9.17) is 0 Å². The smallest absolute Gasteiger partial charge is 0.261 e. The molecule has 3 aromatic rings. The SMILES string of the molecule is C=C/C=C(\C=NC)C(=O)c1cc(C)c(-c2ccc(NC(=O)c3c(F)cccc3F)cc2)s1. The van der Waals surface area contributed by atoms with Crippen LogP contribution in [0, 0.1) is 18.6 Å². The van der Waals surface area contributed by atoms with Gasteiger partial charge in [-0.2, -0.15) is 0 Å². The second-order valence-electron chi connectivity index (χ2n) is 6.83. The molecule has 3 rings (SSSR count). The van der Waals surface area contributed by atoms with Gasteiger partial charge in [0.05, 0.1) is 4.88 Å².